The molecule has 0 unspecified atom stereocenters. The van der Waals surface area contributed by atoms with Crippen molar-refractivity contribution in [2.45, 2.75) is 18.7 Å². The number of nitrogens with one attached hydrogen (secondary N) is 2. The number of benzene rings is 3. The highest BCUT2D eigenvalue weighted by Crippen LogP contribution is 2.27. The zero-order valence-corrected chi connectivity index (χ0v) is 17.2. The van der Waals surface area contributed by atoms with Crippen LogP contribution in [-0.4, -0.2) is 21.4 Å². The lowest BCUT2D eigenvalue weighted by atomic mass is 10.1. The Balaban J connectivity index is 1.83. The largest absolute Gasteiger partial charge is 0.495 e. The van der Waals surface area contributed by atoms with Crippen LogP contribution < -0.4 is 14.8 Å². The fourth-order valence-corrected chi connectivity index (χ4v) is 3.88. The Bertz CT molecular complexity index is 1160. The minimum atomic E-state index is -3.86. The smallest absolute Gasteiger partial charge is 0.262 e. The summed E-state index contributed by atoms with van der Waals surface area (Å²) in [6, 6.07) is 18.2. The predicted molar refractivity (Wildman–Crippen MR) is 114 cm³/mol. The van der Waals surface area contributed by atoms with Crippen molar-refractivity contribution < 1.29 is 17.9 Å². The normalized spacial score (nSPS) is 11.0. The maximum absolute atomic E-state index is 12.8. The molecular weight excluding hydrogens is 388 g/mol. The van der Waals surface area contributed by atoms with E-state index in [2.05, 4.69) is 10.0 Å². The van der Waals surface area contributed by atoms with Gasteiger partial charge in [-0.15, -0.1) is 0 Å². The number of para-hydroxylation sites is 2. The van der Waals surface area contributed by atoms with E-state index in [4.69, 9.17) is 4.74 Å². The van der Waals surface area contributed by atoms with Gasteiger partial charge < -0.3 is 10.1 Å². The van der Waals surface area contributed by atoms with Gasteiger partial charge in [-0.05, 0) is 67.4 Å². The number of carbonyl (C=O) groups is 1. The zero-order chi connectivity index (χ0) is 21.0. The molecule has 0 aliphatic carbocycles. The van der Waals surface area contributed by atoms with Crippen LogP contribution in [0.5, 0.6) is 5.75 Å². The van der Waals surface area contributed by atoms with Gasteiger partial charge in [0, 0.05) is 11.3 Å². The summed E-state index contributed by atoms with van der Waals surface area (Å²) in [4.78, 5) is 12.5. The van der Waals surface area contributed by atoms with Crippen LogP contribution in [0.4, 0.5) is 11.4 Å². The van der Waals surface area contributed by atoms with Crippen LogP contribution in [-0.2, 0) is 10.0 Å². The number of ether oxygens (including phenoxy) is 1. The molecule has 150 valence electrons. The van der Waals surface area contributed by atoms with Crippen LogP contribution in [0.25, 0.3) is 0 Å². The van der Waals surface area contributed by atoms with Crippen molar-refractivity contribution in [3.8, 4) is 5.75 Å². The minimum absolute atomic E-state index is 0.0290. The fourth-order valence-electron chi connectivity index (χ4n) is 2.76. The van der Waals surface area contributed by atoms with Crippen LogP contribution in [0, 0.1) is 13.8 Å². The van der Waals surface area contributed by atoms with E-state index in [0.717, 1.165) is 11.1 Å². The molecule has 0 spiro atoms. The summed E-state index contributed by atoms with van der Waals surface area (Å²) in [6.07, 6.45) is 0. The van der Waals surface area contributed by atoms with Crippen LogP contribution in [0.1, 0.15) is 21.5 Å². The van der Waals surface area contributed by atoms with E-state index in [-0.39, 0.29) is 10.8 Å². The number of rotatable bonds is 6. The molecular formula is C22H22N2O4S. The van der Waals surface area contributed by atoms with Gasteiger partial charge in [0.25, 0.3) is 15.9 Å². The standard InChI is InChI=1S/C22H22N2O4S/c1-15-11-12-17(13-16(15)2)22(25)23-18-7-6-8-19(14-18)29(26,27)24-20-9-4-5-10-21(20)28-3/h4-14,24H,1-3H3,(H,23,25). The Morgan fingerprint density at radius 2 is 1.66 bits per heavy atom. The third-order valence-electron chi connectivity index (χ3n) is 4.52. The molecule has 1 amide bonds. The van der Waals surface area contributed by atoms with E-state index in [1.54, 1.807) is 48.5 Å². The average molecular weight is 410 g/mol. The number of amides is 1. The van der Waals surface area contributed by atoms with Crippen molar-refractivity contribution >= 4 is 27.3 Å². The van der Waals surface area contributed by atoms with E-state index < -0.39 is 10.0 Å². The van der Waals surface area contributed by atoms with Crippen LogP contribution in [0.2, 0.25) is 0 Å². The third kappa shape index (κ3) is 4.75. The molecule has 2 N–H and O–H groups in total. The maximum atomic E-state index is 12.8. The molecule has 29 heavy (non-hydrogen) atoms. The molecule has 0 atom stereocenters. The Kier molecular flexibility index (Phi) is 5.89. The maximum Gasteiger partial charge on any atom is 0.262 e. The monoisotopic (exact) mass is 410 g/mol. The predicted octanol–water partition coefficient (Wildman–Crippen LogP) is 4.37. The topological polar surface area (TPSA) is 84.5 Å². The van der Waals surface area contributed by atoms with Gasteiger partial charge in [0.1, 0.15) is 5.75 Å². The molecule has 0 aliphatic heterocycles. The minimum Gasteiger partial charge on any atom is -0.495 e. The van der Waals surface area contributed by atoms with Gasteiger partial charge in [-0.2, -0.15) is 0 Å². The number of aryl methyl sites for hydroxylation is 2. The van der Waals surface area contributed by atoms with Gasteiger partial charge in [-0.1, -0.05) is 24.3 Å². The van der Waals surface area contributed by atoms with Crippen LogP contribution in [0.3, 0.4) is 0 Å². The lowest BCUT2D eigenvalue weighted by Gasteiger charge is -2.13. The molecule has 0 saturated heterocycles. The van der Waals surface area contributed by atoms with Crippen molar-refractivity contribution in [1.82, 2.24) is 0 Å². The first kappa shape index (κ1) is 20.4. The van der Waals surface area contributed by atoms with Crippen LogP contribution in [0.15, 0.2) is 71.6 Å². The summed E-state index contributed by atoms with van der Waals surface area (Å²) in [7, 11) is -2.39. The second-order valence-corrected chi connectivity index (χ2v) is 8.27. The van der Waals surface area contributed by atoms with Crippen molar-refractivity contribution in [2.75, 3.05) is 17.1 Å². The van der Waals surface area contributed by atoms with Gasteiger partial charge in [0.05, 0.1) is 17.7 Å². The quantitative estimate of drug-likeness (QED) is 0.632. The Morgan fingerprint density at radius 3 is 2.38 bits per heavy atom. The van der Waals surface area contributed by atoms with Crippen molar-refractivity contribution in [3.05, 3.63) is 83.4 Å². The lowest BCUT2D eigenvalue weighted by Crippen LogP contribution is -2.15. The Hall–Kier alpha value is -3.32. The molecule has 0 aromatic heterocycles. The summed E-state index contributed by atoms with van der Waals surface area (Å²) in [5, 5.41) is 2.75. The van der Waals surface area contributed by atoms with E-state index in [0.29, 0.717) is 22.7 Å². The molecule has 0 radical (unpaired) electrons. The molecule has 6 nitrogen and oxygen atoms in total. The summed E-state index contributed by atoms with van der Waals surface area (Å²) in [5.74, 6) is 0.107. The second-order valence-electron chi connectivity index (χ2n) is 6.59. The molecule has 0 saturated carbocycles. The summed E-state index contributed by atoms with van der Waals surface area (Å²) in [6.45, 7) is 3.91. The van der Waals surface area contributed by atoms with E-state index >= 15 is 0 Å². The fraction of sp³-hybridized carbons (Fsp3) is 0.136. The molecule has 0 aliphatic rings. The van der Waals surface area contributed by atoms with Crippen molar-refractivity contribution in [1.29, 1.82) is 0 Å². The van der Waals surface area contributed by atoms with Gasteiger partial charge in [-0.25, -0.2) is 8.42 Å². The number of anilines is 2. The van der Waals surface area contributed by atoms with Crippen LogP contribution >= 0.6 is 0 Å². The third-order valence-corrected chi connectivity index (χ3v) is 5.89. The number of hydrogen-bond donors (Lipinski definition) is 2. The average Bonchev–Trinajstić information content (AvgIpc) is 2.70. The number of hydrogen-bond acceptors (Lipinski definition) is 4. The second kappa shape index (κ2) is 8.36. The first-order chi connectivity index (χ1) is 13.8. The van der Waals surface area contributed by atoms with Crippen molar-refractivity contribution in [3.63, 3.8) is 0 Å². The number of sulfonamides is 1. The molecule has 0 fully saturated rings. The highest BCUT2D eigenvalue weighted by Gasteiger charge is 2.17. The molecule has 3 rings (SSSR count). The Morgan fingerprint density at radius 1 is 0.897 bits per heavy atom. The molecule has 0 bridgehead atoms. The van der Waals surface area contributed by atoms with Crippen molar-refractivity contribution in [2.24, 2.45) is 0 Å². The summed E-state index contributed by atoms with van der Waals surface area (Å²) >= 11 is 0. The highest BCUT2D eigenvalue weighted by atomic mass is 32.2. The van der Waals surface area contributed by atoms with Gasteiger partial charge in [0.2, 0.25) is 0 Å². The first-order valence-corrected chi connectivity index (χ1v) is 10.4. The van der Waals surface area contributed by atoms with E-state index in [9.17, 15) is 13.2 Å². The molecule has 0 heterocycles. The SMILES string of the molecule is COc1ccccc1NS(=O)(=O)c1cccc(NC(=O)c2ccc(C)c(C)c2)c1. The van der Waals surface area contributed by atoms with Gasteiger partial charge in [0.15, 0.2) is 0 Å². The number of carbonyl (C=O) groups excluding carboxylic acids is 1. The zero-order valence-electron chi connectivity index (χ0n) is 16.4. The summed E-state index contributed by atoms with van der Waals surface area (Å²) in [5.41, 5.74) is 3.33. The highest BCUT2D eigenvalue weighted by molar-refractivity contribution is 7.92. The Labute approximate surface area is 170 Å². The van der Waals surface area contributed by atoms with E-state index in [1.165, 1.54) is 19.2 Å². The lowest BCUT2D eigenvalue weighted by molar-refractivity contribution is 0.102. The molecule has 3 aromatic carbocycles. The molecule has 3 aromatic rings. The molecule has 7 heteroatoms. The van der Waals surface area contributed by atoms with Gasteiger partial charge >= 0.3 is 0 Å². The number of methoxy groups -OCH3 is 1. The summed E-state index contributed by atoms with van der Waals surface area (Å²) < 4.78 is 33.3. The van der Waals surface area contributed by atoms with Gasteiger partial charge in [-0.3, -0.25) is 9.52 Å². The van der Waals surface area contributed by atoms with E-state index in [1.807, 2.05) is 19.9 Å². The first-order valence-electron chi connectivity index (χ1n) is 8.94.